The van der Waals surface area contributed by atoms with Crippen LogP contribution >= 0.6 is 10.7 Å². The zero-order chi connectivity index (χ0) is 15.8. The minimum absolute atomic E-state index is 0.0986. The van der Waals surface area contributed by atoms with E-state index in [9.17, 15) is 22.4 Å². The van der Waals surface area contributed by atoms with Crippen molar-refractivity contribution in [3.8, 4) is 0 Å². The number of hydrogen-bond donors (Lipinski definition) is 1. The number of nitrogens with zero attached hydrogens (tertiary/aromatic N) is 1. The second-order valence-electron chi connectivity index (χ2n) is 4.39. The Morgan fingerprint density at radius 3 is 2.62 bits per heavy atom. The maximum absolute atomic E-state index is 13.2. The van der Waals surface area contributed by atoms with Crippen LogP contribution in [0, 0.1) is 12.7 Å². The Morgan fingerprint density at radius 2 is 2.00 bits per heavy atom. The van der Waals surface area contributed by atoms with Gasteiger partial charge in [-0.15, -0.1) is 0 Å². The highest BCUT2D eigenvalue weighted by molar-refractivity contribution is 8.13. The summed E-state index contributed by atoms with van der Waals surface area (Å²) < 4.78 is 36.7. The second-order valence-corrected chi connectivity index (χ2v) is 6.92. The number of hydrogen-bond acceptors (Lipinski definition) is 4. The van der Waals surface area contributed by atoms with Gasteiger partial charge in [-0.3, -0.25) is 14.3 Å². The number of aromatic nitrogens is 2. The third-order valence-corrected chi connectivity index (χ3v) is 4.21. The lowest BCUT2D eigenvalue weighted by Gasteiger charge is -2.09. The van der Waals surface area contributed by atoms with Crippen LogP contribution in [0.4, 0.5) is 4.39 Å². The smallest absolute Gasteiger partial charge is 0.295 e. The van der Waals surface area contributed by atoms with Crippen LogP contribution in [0.25, 0.3) is 0 Å². The summed E-state index contributed by atoms with van der Waals surface area (Å²) in [7, 11) is 0.836. The topological polar surface area (TPSA) is 89.0 Å². The number of aryl methyl sites for hydroxylation is 1. The van der Waals surface area contributed by atoms with E-state index in [1.165, 1.54) is 18.2 Å². The Labute approximate surface area is 123 Å². The van der Waals surface area contributed by atoms with Gasteiger partial charge in [0.1, 0.15) is 5.82 Å². The molecule has 1 aromatic heterocycles. The first-order valence-corrected chi connectivity index (χ1v) is 8.03. The van der Waals surface area contributed by atoms with Gasteiger partial charge in [0.2, 0.25) is 0 Å². The molecule has 2 rings (SSSR count). The summed E-state index contributed by atoms with van der Waals surface area (Å²) in [5, 5.41) is 0. The van der Waals surface area contributed by atoms with E-state index >= 15 is 0 Å². The number of halogens is 2. The predicted molar refractivity (Wildman–Crippen MR) is 74.6 cm³/mol. The van der Waals surface area contributed by atoms with E-state index in [1.807, 2.05) is 4.98 Å². The molecule has 0 spiro atoms. The van der Waals surface area contributed by atoms with E-state index in [1.54, 1.807) is 6.92 Å². The van der Waals surface area contributed by atoms with Crippen molar-refractivity contribution < 1.29 is 12.8 Å². The summed E-state index contributed by atoms with van der Waals surface area (Å²) in [6.07, 6.45) is 0.841. The number of rotatable bonds is 3. The first kappa shape index (κ1) is 15.5. The Balaban J connectivity index is 2.58. The minimum atomic E-state index is -4.29. The lowest BCUT2D eigenvalue weighted by atomic mass is 10.1. The van der Waals surface area contributed by atoms with Crippen molar-refractivity contribution in [1.82, 2.24) is 9.55 Å². The van der Waals surface area contributed by atoms with Crippen LogP contribution in [-0.4, -0.2) is 18.0 Å². The van der Waals surface area contributed by atoms with Crippen molar-refractivity contribution in [2.24, 2.45) is 0 Å². The Bertz CT molecular complexity index is 918. The summed E-state index contributed by atoms with van der Waals surface area (Å²) in [5.41, 5.74) is -0.721. The summed E-state index contributed by atoms with van der Waals surface area (Å²) in [4.78, 5) is 24.2. The molecule has 0 amide bonds. The van der Waals surface area contributed by atoms with Gasteiger partial charge in [-0.2, -0.15) is 0 Å². The molecule has 0 saturated carbocycles. The molecule has 0 radical (unpaired) electrons. The van der Waals surface area contributed by atoms with E-state index in [-0.39, 0.29) is 6.54 Å². The first-order valence-electron chi connectivity index (χ1n) is 5.72. The molecule has 21 heavy (non-hydrogen) atoms. The van der Waals surface area contributed by atoms with Crippen LogP contribution in [0.2, 0.25) is 0 Å². The summed E-state index contributed by atoms with van der Waals surface area (Å²) in [6.45, 7) is 1.61. The van der Waals surface area contributed by atoms with Crippen molar-refractivity contribution >= 4 is 19.7 Å². The molecule has 0 aliphatic heterocycles. The van der Waals surface area contributed by atoms with Gasteiger partial charge in [0.25, 0.3) is 14.6 Å². The maximum atomic E-state index is 13.2. The Hall–Kier alpha value is -1.93. The fraction of sp³-hybridized carbons (Fsp3) is 0.167. The first-order chi connectivity index (χ1) is 9.68. The third kappa shape index (κ3) is 3.40. The van der Waals surface area contributed by atoms with Crippen LogP contribution in [-0.2, 0) is 15.6 Å². The molecule has 0 aliphatic carbocycles. The van der Waals surface area contributed by atoms with Crippen LogP contribution in [0.3, 0.4) is 0 Å². The highest BCUT2D eigenvalue weighted by Gasteiger charge is 2.17. The zero-order valence-corrected chi connectivity index (χ0v) is 12.3. The van der Waals surface area contributed by atoms with Gasteiger partial charge in [-0.25, -0.2) is 17.6 Å². The van der Waals surface area contributed by atoms with Crippen molar-refractivity contribution in [3.05, 3.63) is 62.2 Å². The molecule has 0 saturated heterocycles. The SMILES string of the molecule is Cc1ccc(F)cc1Cn1cc(S(=O)(=O)Cl)c(=O)[nH]c1=O. The molecule has 1 N–H and O–H groups in total. The fourth-order valence-electron chi connectivity index (χ4n) is 1.77. The molecular weight excluding hydrogens is 323 g/mol. The number of aromatic amines is 1. The highest BCUT2D eigenvalue weighted by atomic mass is 35.7. The van der Waals surface area contributed by atoms with E-state index in [0.717, 1.165) is 10.8 Å². The van der Waals surface area contributed by atoms with Crippen LogP contribution in [0.1, 0.15) is 11.1 Å². The molecule has 0 aliphatic rings. The number of nitrogens with one attached hydrogen (secondary N) is 1. The predicted octanol–water partition coefficient (Wildman–Crippen LogP) is 0.960. The van der Waals surface area contributed by atoms with E-state index in [0.29, 0.717) is 11.1 Å². The lowest BCUT2D eigenvalue weighted by Crippen LogP contribution is -2.32. The van der Waals surface area contributed by atoms with E-state index < -0.39 is 31.0 Å². The van der Waals surface area contributed by atoms with Gasteiger partial charge < -0.3 is 0 Å². The van der Waals surface area contributed by atoms with Crippen LogP contribution in [0.5, 0.6) is 0 Å². The van der Waals surface area contributed by atoms with Crippen molar-refractivity contribution in [2.75, 3.05) is 0 Å². The molecule has 0 unspecified atom stereocenters. The van der Waals surface area contributed by atoms with Crippen molar-refractivity contribution in [3.63, 3.8) is 0 Å². The molecule has 112 valence electrons. The van der Waals surface area contributed by atoms with Crippen LogP contribution < -0.4 is 11.2 Å². The molecular formula is C12H10ClFN2O4S. The van der Waals surface area contributed by atoms with Gasteiger partial charge in [-0.1, -0.05) is 6.07 Å². The number of benzene rings is 1. The minimum Gasteiger partial charge on any atom is -0.295 e. The summed E-state index contributed by atoms with van der Waals surface area (Å²) >= 11 is 0. The Morgan fingerprint density at radius 1 is 1.33 bits per heavy atom. The van der Waals surface area contributed by atoms with Gasteiger partial charge in [0, 0.05) is 16.9 Å². The van der Waals surface area contributed by atoms with Crippen LogP contribution in [0.15, 0.2) is 38.9 Å². The normalized spacial score (nSPS) is 11.6. The maximum Gasteiger partial charge on any atom is 0.328 e. The van der Waals surface area contributed by atoms with E-state index in [4.69, 9.17) is 10.7 Å². The molecule has 2 aromatic rings. The average Bonchev–Trinajstić information content (AvgIpc) is 2.35. The van der Waals surface area contributed by atoms with Gasteiger partial charge in [0.05, 0.1) is 6.54 Å². The molecule has 0 atom stereocenters. The Kier molecular flexibility index (Phi) is 4.02. The molecule has 0 fully saturated rings. The van der Waals surface area contributed by atoms with E-state index in [2.05, 4.69) is 0 Å². The largest absolute Gasteiger partial charge is 0.328 e. The second kappa shape index (κ2) is 5.45. The van der Waals surface area contributed by atoms with Gasteiger partial charge >= 0.3 is 5.69 Å². The summed E-state index contributed by atoms with van der Waals surface area (Å²) in [5.74, 6) is -0.488. The molecule has 6 nitrogen and oxygen atoms in total. The lowest BCUT2D eigenvalue weighted by molar-refractivity contribution is 0.601. The van der Waals surface area contributed by atoms with Crippen molar-refractivity contribution in [2.45, 2.75) is 18.4 Å². The third-order valence-electron chi connectivity index (χ3n) is 2.89. The van der Waals surface area contributed by atoms with Gasteiger partial charge in [0.15, 0.2) is 4.90 Å². The number of H-pyrrole nitrogens is 1. The standard InChI is InChI=1S/C12H10ClFN2O4S/c1-7-2-3-9(14)4-8(7)5-16-6-10(21(13,19)20)11(17)15-12(16)18/h2-4,6H,5H2,1H3,(H,15,17,18). The van der Waals surface area contributed by atoms with Gasteiger partial charge in [-0.05, 0) is 30.2 Å². The molecule has 0 bridgehead atoms. The quantitative estimate of drug-likeness (QED) is 0.848. The summed E-state index contributed by atoms with van der Waals surface area (Å²) in [6, 6.07) is 4.02. The molecule has 9 heteroatoms. The molecule has 1 heterocycles. The zero-order valence-electron chi connectivity index (χ0n) is 10.8. The fourth-order valence-corrected chi connectivity index (χ4v) is 2.63. The monoisotopic (exact) mass is 332 g/mol. The highest BCUT2D eigenvalue weighted by Crippen LogP contribution is 2.12. The molecule has 1 aromatic carbocycles. The van der Waals surface area contributed by atoms with Crippen molar-refractivity contribution in [1.29, 1.82) is 0 Å². The average molecular weight is 333 g/mol.